The van der Waals surface area contributed by atoms with E-state index in [4.69, 9.17) is 0 Å². The fourth-order valence-corrected chi connectivity index (χ4v) is 3.33. The molecule has 1 fully saturated rings. The van der Waals surface area contributed by atoms with Gasteiger partial charge in [0.25, 0.3) is 0 Å². The van der Waals surface area contributed by atoms with Gasteiger partial charge in [0.1, 0.15) is 0 Å². The molecule has 0 amide bonds. The molecule has 0 atom stereocenters. The van der Waals surface area contributed by atoms with E-state index in [1.807, 2.05) is 0 Å². The Hall–Kier alpha value is 0.370. The average Bonchev–Trinajstić information content (AvgIpc) is 2.15. The Morgan fingerprint density at radius 2 is 1.36 bits per heavy atom. The first-order valence-corrected chi connectivity index (χ1v) is 7.01. The third-order valence-corrected chi connectivity index (χ3v) is 4.14. The maximum absolute atomic E-state index is 10.9. The summed E-state index contributed by atoms with van der Waals surface area (Å²) in [5.41, 5.74) is 0. The van der Waals surface area contributed by atoms with Gasteiger partial charge < -0.3 is 0 Å². The van der Waals surface area contributed by atoms with Gasteiger partial charge in [-0.3, -0.25) is 4.79 Å². The molecule has 1 aliphatic rings. The van der Waals surface area contributed by atoms with Gasteiger partial charge >= 0.3 is 0 Å². The Morgan fingerprint density at radius 1 is 0.929 bits per heavy atom. The molecule has 82 valence electrons. The summed E-state index contributed by atoms with van der Waals surface area (Å²) in [6.45, 7) is 0. The number of carbonyl (C=O) groups is 1. The van der Waals surface area contributed by atoms with Crippen molar-refractivity contribution in [3.8, 4) is 0 Å². The Labute approximate surface area is 96.8 Å². The average molecular weight is 232 g/mol. The highest BCUT2D eigenvalue weighted by atomic mass is 32.2. The highest BCUT2D eigenvalue weighted by Crippen LogP contribution is 2.27. The molecule has 0 N–H and O–H groups in total. The van der Waals surface area contributed by atoms with Gasteiger partial charge in [0.15, 0.2) is 0 Å². The second kappa shape index (κ2) is 7.63. The molecular weight excluding hydrogens is 212 g/mol. The van der Waals surface area contributed by atoms with Crippen molar-refractivity contribution in [2.75, 3.05) is 0 Å². The molecule has 0 radical (unpaired) electrons. The van der Waals surface area contributed by atoms with Crippen LogP contribution in [0.1, 0.15) is 57.8 Å². The lowest BCUT2D eigenvalue weighted by Gasteiger charge is -2.15. The van der Waals surface area contributed by atoms with Crippen LogP contribution in [0.4, 0.5) is 4.79 Å². The minimum absolute atomic E-state index is 0.00735. The third-order valence-electron chi connectivity index (χ3n) is 2.82. The zero-order valence-corrected chi connectivity index (χ0v) is 10.4. The summed E-state index contributed by atoms with van der Waals surface area (Å²) in [7, 11) is 0. The predicted molar refractivity (Wildman–Crippen MR) is 67.3 cm³/mol. The van der Waals surface area contributed by atoms with Crippen molar-refractivity contribution in [2.24, 2.45) is 0 Å². The van der Waals surface area contributed by atoms with Gasteiger partial charge in [-0.1, -0.05) is 69.3 Å². The van der Waals surface area contributed by atoms with Crippen molar-refractivity contribution < 1.29 is 4.79 Å². The van der Waals surface area contributed by atoms with Crippen LogP contribution in [0.25, 0.3) is 0 Å². The van der Waals surface area contributed by atoms with Crippen LogP contribution in [-0.2, 0) is 0 Å². The van der Waals surface area contributed by atoms with Gasteiger partial charge in [0.05, 0.1) is 0 Å². The van der Waals surface area contributed by atoms with Gasteiger partial charge in [-0.05, 0) is 12.8 Å². The summed E-state index contributed by atoms with van der Waals surface area (Å²) in [5, 5.41) is 0.540. The molecule has 1 rings (SSSR count). The standard InChI is InChI=1S/C11H20OS2/c12-11(13)14-10-8-6-4-2-1-3-5-7-9-10/h10H,1-9H2,(H,12,13). The monoisotopic (exact) mass is 232 g/mol. The first kappa shape index (κ1) is 12.4. The number of hydrogen-bond acceptors (Lipinski definition) is 2. The molecule has 0 bridgehead atoms. The van der Waals surface area contributed by atoms with Crippen molar-refractivity contribution >= 4 is 28.8 Å². The molecular formula is C11H20OS2. The summed E-state index contributed by atoms with van der Waals surface area (Å²) in [5.74, 6) is 0. The maximum Gasteiger partial charge on any atom is 0.243 e. The molecule has 3 heteroatoms. The zero-order valence-electron chi connectivity index (χ0n) is 8.71. The number of rotatable bonds is 1. The van der Waals surface area contributed by atoms with Crippen molar-refractivity contribution in [1.82, 2.24) is 0 Å². The van der Waals surface area contributed by atoms with E-state index in [9.17, 15) is 4.79 Å². The first-order valence-electron chi connectivity index (χ1n) is 5.68. The SMILES string of the molecule is O=C(S)SC1CCCCCCCCC1. The topological polar surface area (TPSA) is 17.1 Å². The minimum Gasteiger partial charge on any atom is -0.275 e. The van der Waals surface area contributed by atoms with Gasteiger partial charge in [-0.15, -0.1) is 0 Å². The molecule has 1 aliphatic carbocycles. The van der Waals surface area contributed by atoms with Crippen LogP contribution in [0.15, 0.2) is 0 Å². The summed E-state index contributed by atoms with van der Waals surface area (Å²) in [4.78, 5) is 10.9. The number of hydrogen-bond donors (Lipinski definition) is 1. The van der Waals surface area contributed by atoms with Crippen LogP contribution in [-0.4, -0.2) is 9.70 Å². The Bertz CT molecular complexity index is 161. The molecule has 0 aromatic rings. The molecule has 1 saturated carbocycles. The molecule has 0 unspecified atom stereocenters. The van der Waals surface area contributed by atoms with E-state index < -0.39 is 0 Å². The van der Waals surface area contributed by atoms with Gasteiger partial charge in [-0.25, -0.2) is 0 Å². The van der Waals surface area contributed by atoms with Crippen LogP contribution in [0.3, 0.4) is 0 Å². The van der Waals surface area contributed by atoms with E-state index in [0.29, 0.717) is 5.25 Å². The van der Waals surface area contributed by atoms with E-state index in [0.717, 1.165) is 0 Å². The highest BCUT2D eigenvalue weighted by molar-refractivity contribution is 8.32. The minimum atomic E-state index is -0.00735. The molecule has 0 aromatic heterocycles. The second-order valence-electron chi connectivity index (χ2n) is 4.06. The highest BCUT2D eigenvalue weighted by Gasteiger charge is 2.12. The van der Waals surface area contributed by atoms with Gasteiger partial charge in [0.2, 0.25) is 4.45 Å². The van der Waals surface area contributed by atoms with Crippen LogP contribution in [0, 0.1) is 0 Å². The smallest absolute Gasteiger partial charge is 0.243 e. The zero-order chi connectivity index (χ0) is 10.2. The summed E-state index contributed by atoms with van der Waals surface area (Å²) < 4.78 is -0.00735. The summed E-state index contributed by atoms with van der Waals surface area (Å²) in [6, 6.07) is 0. The van der Waals surface area contributed by atoms with Crippen LogP contribution >= 0.6 is 24.4 Å². The lowest BCUT2D eigenvalue weighted by Crippen LogP contribution is -2.05. The molecule has 1 nitrogen and oxygen atoms in total. The van der Waals surface area contributed by atoms with E-state index in [-0.39, 0.29) is 4.45 Å². The quantitative estimate of drug-likeness (QED) is 0.662. The largest absolute Gasteiger partial charge is 0.275 e. The van der Waals surface area contributed by atoms with Crippen LogP contribution < -0.4 is 0 Å². The molecule has 0 aliphatic heterocycles. The van der Waals surface area contributed by atoms with E-state index in [1.165, 1.54) is 69.5 Å². The van der Waals surface area contributed by atoms with Crippen molar-refractivity contribution in [1.29, 1.82) is 0 Å². The number of thioether (sulfide) groups is 1. The number of carbonyl (C=O) groups excluding carboxylic acids is 1. The lowest BCUT2D eigenvalue weighted by atomic mass is 10.0. The van der Waals surface area contributed by atoms with Gasteiger partial charge in [0, 0.05) is 5.25 Å². The lowest BCUT2D eigenvalue weighted by molar-refractivity contribution is 0.276. The molecule has 0 heterocycles. The molecule has 14 heavy (non-hydrogen) atoms. The Morgan fingerprint density at radius 3 is 1.79 bits per heavy atom. The Kier molecular flexibility index (Phi) is 6.78. The first-order chi connectivity index (χ1) is 6.79. The number of thiol groups is 1. The van der Waals surface area contributed by atoms with E-state index in [1.54, 1.807) is 0 Å². The fraction of sp³-hybridized carbons (Fsp3) is 0.909. The molecule has 0 spiro atoms. The molecule has 0 saturated heterocycles. The fourth-order valence-electron chi connectivity index (χ4n) is 2.03. The van der Waals surface area contributed by atoms with Crippen LogP contribution in [0.5, 0.6) is 0 Å². The summed E-state index contributed by atoms with van der Waals surface area (Å²) in [6.07, 6.45) is 11.8. The normalized spacial score (nSPS) is 21.8. The van der Waals surface area contributed by atoms with Crippen LogP contribution in [0.2, 0.25) is 0 Å². The van der Waals surface area contributed by atoms with E-state index in [2.05, 4.69) is 12.6 Å². The molecule has 0 aromatic carbocycles. The summed E-state index contributed by atoms with van der Waals surface area (Å²) >= 11 is 5.28. The van der Waals surface area contributed by atoms with Crippen molar-refractivity contribution in [3.05, 3.63) is 0 Å². The predicted octanol–water partition coefficient (Wildman–Crippen LogP) is 4.66. The van der Waals surface area contributed by atoms with Gasteiger partial charge in [-0.2, -0.15) is 0 Å². The van der Waals surface area contributed by atoms with Crippen molar-refractivity contribution in [3.63, 3.8) is 0 Å². The van der Waals surface area contributed by atoms with Crippen molar-refractivity contribution in [2.45, 2.75) is 63.0 Å². The third kappa shape index (κ3) is 5.97. The second-order valence-corrected chi connectivity index (χ2v) is 6.04. The Balaban J connectivity index is 2.26. The van der Waals surface area contributed by atoms with E-state index >= 15 is 0 Å². The maximum atomic E-state index is 10.9.